The summed E-state index contributed by atoms with van der Waals surface area (Å²) in [6.45, 7) is 3.23. The van der Waals surface area contributed by atoms with E-state index in [1.165, 1.54) is 0 Å². The van der Waals surface area contributed by atoms with Crippen molar-refractivity contribution in [3.63, 3.8) is 0 Å². The lowest BCUT2D eigenvalue weighted by Crippen LogP contribution is -2.31. The number of amides is 1. The number of nitrogens with zero attached hydrogens (tertiary/aromatic N) is 1. The first-order chi connectivity index (χ1) is 10.1. The molecule has 0 saturated carbocycles. The first-order valence-corrected chi connectivity index (χ1v) is 7.38. The Hall–Kier alpha value is -2.00. The van der Waals surface area contributed by atoms with Gasteiger partial charge in [-0.1, -0.05) is 42.8 Å². The van der Waals surface area contributed by atoms with Crippen LogP contribution in [0.4, 0.5) is 5.69 Å². The van der Waals surface area contributed by atoms with Crippen LogP contribution >= 0.6 is 11.6 Å². The van der Waals surface area contributed by atoms with Crippen LogP contribution in [0.5, 0.6) is 0 Å². The minimum Gasteiger partial charge on any atom is -0.398 e. The van der Waals surface area contributed by atoms with Crippen LogP contribution in [-0.4, -0.2) is 17.4 Å². The average Bonchev–Trinajstić information content (AvgIpc) is 2.48. The van der Waals surface area contributed by atoms with E-state index in [0.29, 0.717) is 29.4 Å². The summed E-state index contributed by atoms with van der Waals surface area (Å²) in [6.07, 6.45) is 0.888. The van der Waals surface area contributed by atoms with Crippen molar-refractivity contribution < 1.29 is 4.79 Å². The highest BCUT2D eigenvalue weighted by atomic mass is 35.5. The van der Waals surface area contributed by atoms with Crippen LogP contribution in [0.25, 0.3) is 0 Å². The maximum atomic E-state index is 12.6. The molecular formula is C17H19ClN2O. The van der Waals surface area contributed by atoms with Crippen LogP contribution in [0.2, 0.25) is 5.02 Å². The quantitative estimate of drug-likeness (QED) is 0.849. The Kier molecular flexibility index (Phi) is 5.23. The molecule has 0 heterocycles. The molecule has 0 fully saturated rings. The molecular weight excluding hydrogens is 284 g/mol. The van der Waals surface area contributed by atoms with Crippen molar-refractivity contribution in [1.29, 1.82) is 0 Å². The van der Waals surface area contributed by atoms with Gasteiger partial charge in [-0.2, -0.15) is 0 Å². The van der Waals surface area contributed by atoms with Crippen LogP contribution in [0.1, 0.15) is 29.3 Å². The van der Waals surface area contributed by atoms with E-state index >= 15 is 0 Å². The second-order valence-corrected chi connectivity index (χ2v) is 5.37. The van der Waals surface area contributed by atoms with Gasteiger partial charge >= 0.3 is 0 Å². The van der Waals surface area contributed by atoms with Gasteiger partial charge in [-0.25, -0.2) is 0 Å². The highest BCUT2D eigenvalue weighted by Crippen LogP contribution is 2.17. The lowest BCUT2D eigenvalue weighted by molar-refractivity contribution is 0.0743. The molecule has 0 aliphatic heterocycles. The normalized spacial score (nSPS) is 10.4. The number of carbonyl (C=O) groups excluding carboxylic acids is 1. The number of hydrogen-bond donors (Lipinski definition) is 1. The molecule has 3 nitrogen and oxygen atoms in total. The van der Waals surface area contributed by atoms with E-state index < -0.39 is 0 Å². The van der Waals surface area contributed by atoms with E-state index in [0.717, 1.165) is 12.0 Å². The van der Waals surface area contributed by atoms with Crippen LogP contribution in [0.3, 0.4) is 0 Å². The number of benzene rings is 2. The lowest BCUT2D eigenvalue weighted by Gasteiger charge is -2.23. The van der Waals surface area contributed by atoms with Crippen molar-refractivity contribution in [2.45, 2.75) is 19.9 Å². The van der Waals surface area contributed by atoms with Crippen LogP contribution in [0, 0.1) is 0 Å². The summed E-state index contributed by atoms with van der Waals surface area (Å²) in [4.78, 5) is 14.4. The topological polar surface area (TPSA) is 46.3 Å². The SMILES string of the molecule is CCCN(Cc1ccccc1N)C(=O)c1cccc(Cl)c1. The first kappa shape index (κ1) is 15.4. The van der Waals surface area contributed by atoms with Gasteiger partial charge in [-0.15, -0.1) is 0 Å². The predicted molar refractivity (Wildman–Crippen MR) is 87.3 cm³/mol. The zero-order valence-corrected chi connectivity index (χ0v) is 12.8. The maximum Gasteiger partial charge on any atom is 0.254 e. The van der Waals surface area contributed by atoms with E-state index in [2.05, 4.69) is 0 Å². The molecule has 0 atom stereocenters. The fourth-order valence-electron chi connectivity index (χ4n) is 2.21. The van der Waals surface area contributed by atoms with Gasteiger partial charge in [-0.3, -0.25) is 4.79 Å². The van der Waals surface area contributed by atoms with Crippen LogP contribution in [-0.2, 0) is 6.54 Å². The van der Waals surface area contributed by atoms with E-state index in [1.807, 2.05) is 31.2 Å². The van der Waals surface area contributed by atoms with E-state index in [-0.39, 0.29) is 5.91 Å². The van der Waals surface area contributed by atoms with Crippen molar-refractivity contribution >= 4 is 23.2 Å². The number of para-hydroxylation sites is 1. The van der Waals surface area contributed by atoms with Crippen molar-refractivity contribution in [2.24, 2.45) is 0 Å². The van der Waals surface area contributed by atoms with Gasteiger partial charge in [0.2, 0.25) is 0 Å². The molecule has 4 heteroatoms. The Morgan fingerprint density at radius 1 is 1.19 bits per heavy atom. The van der Waals surface area contributed by atoms with Gasteiger partial charge in [0.1, 0.15) is 0 Å². The van der Waals surface area contributed by atoms with E-state index in [4.69, 9.17) is 17.3 Å². The highest BCUT2D eigenvalue weighted by molar-refractivity contribution is 6.30. The van der Waals surface area contributed by atoms with Crippen molar-refractivity contribution in [1.82, 2.24) is 4.90 Å². The van der Waals surface area contributed by atoms with Gasteiger partial charge < -0.3 is 10.6 Å². The fraction of sp³-hybridized carbons (Fsp3) is 0.235. The molecule has 2 aromatic rings. The molecule has 0 spiro atoms. The molecule has 110 valence electrons. The van der Waals surface area contributed by atoms with Gasteiger partial charge in [0.15, 0.2) is 0 Å². The first-order valence-electron chi connectivity index (χ1n) is 7.00. The third kappa shape index (κ3) is 3.99. The van der Waals surface area contributed by atoms with Gasteiger partial charge in [0.25, 0.3) is 5.91 Å². The van der Waals surface area contributed by atoms with Crippen molar-refractivity contribution in [3.8, 4) is 0 Å². The minimum absolute atomic E-state index is 0.0254. The largest absolute Gasteiger partial charge is 0.398 e. The monoisotopic (exact) mass is 302 g/mol. The predicted octanol–water partition coefficient (Wildman–Crippen LogP) is 3.97. The van der Waals surface area contributed by atoms with Gasteiger partial charge in [-0.05, 0) is 36.2 Å². The Morgan fingerprint density at radius 2 is 1.95 bits per heavy atom. The number of carbonyl (C=O) groups is 1. The molecule has 0 radical (unpaired) electrons. The summed E-state index contributed by atoms with van der Waals surface area (Å²) >= 11 is 5.97. The maximum absolute atomic E-state index is 12.6. The second-order valence-electron chi connectivity index (χ2n) is 4.94. The number of halogens is 1. The molecule has 1 amide bonds. The summed E-state index contributed by atoms with van der Waals surface area (Å²) in [7, 11) is 0. The Morgan fingerprint density at radius 3 is 2.62 bits per heavy atom. The molecule has 2 N–H and O–H groups in total. The third-order valence-electron chi connectivity index (χ3n) is 3.27. The average molecular weight is 303 g/mol. The molecule has 0 bridgehead atoms. The number of rotatable bonds is 5. The smallest absolute Gasteiger partial charge is 0.254 e. The molecule has 0 aliphatic carbocycles. The van der Waals surface area contributed by atoms with Crippen molar-refractivity contribution in [2.75, 3.05) is 12.3 Å². The minimum atomic E-state index is -0.0254. The molecule has 21 heavy (non-hydrogen) atoms. The Labute approximate surface area is 130 Å². The van der Waals surface area contributed by atoms with E-state index in [9.17, 15) is 4.79 Å². The highest BCUT2D eigenvalue weighted by Gasteiger charge is 2.16. The summed E-state index contributed by atoms with van der Waals surface area (Å²) in [6, 6.07) is 14.6. The van der Waals surface area contributed by atoms with Crippen LogP contribution in [0.15, 0.2) is 48.5 Å². The third-order valence-corrected chi connectivity index (χ3v) is 3.50. The molecule has 0 aromatic heterocycles. The lowest BCUT2D eigenvalue weighted by atomic mass is 10.1. The van der Waals surface area contributed by atoms with Crippen LogP contribution < -0.4 is 5.73 Å². The fourth-order valence-corrected chi connectivity index (χ4v) is 2.40. The molecule has 2 rings (SSSR count). The number of nitrogens with two attached hydrogens (primary N) is 1. The van der Waals surface area contributed by atoms with E-state index in [1.54, 1.807) is 29.2 Å². The summed E-state index contributed by atoms with van der Waals surface area (Å²) in [5.41, 5.74) is 8.24. The standard InChI is InChI=1S/C17H19ClN2O/c1-2-10-20(12-14-6-3-4-9-16(14)19)17(21)13-7-5-8-15(18)11-13/h3-9,11H,2,10,12,19H2,1H3. The Balaban J connectivity index is 2.22. The summed E-state index contributed by atoms with van der Waals surface area (Å²) < 4.78 is 0. The second kappa shape index (κ2) is 7.14. The zero-order chi connectivity index (χ0) is 15.2. The zero-order valence-electron chi connectivity index (χ0n) is 12.1. The number of nitrogen functional groups attached to an aromatic ring is 1. The summed E-state index contributed by atoms with van der Waals surface area (Å²) in [5, 5.41) is 0.566. The Bertz CT molecular complexity index is 628. The summed E-state index contributed by atoms with van der Waals surface area (Å²) in [5.74, 6) is -0.0254. The molecule has 0 aliphatic rings. The molecule has 2 aromatic carbocycles. The van der Waals surface area contributed by atoms with Gasteiger partial charge in [0.05, 0.1) is 0 Å². The van der Waals surface area contributed by atoms with Crippen molar-refractivity contribution in [3.05, 3.63) is 64.7 Å². The molecule has 0 saturated heterocycles. The van der Waals surface area contributed by atoms with Gasteiger partial charge in [0, 0.05) is 29.4 Å². The number of hydrogen-bond acceptors (Lipinski definition) is 2. The molecule has 0 unspecified atom stereocenters. The number of anilines is 1.